The van der Waals surface area contributed by atoms with Crippen LogP contribution in [-0.4, -0.2) is 16.7 Å². The van der Waals surface area contributed by atoms with Crippen LogP contribution in [-0.2, 0) is 0 Å². The van der Waals surface area contributed by atoms with Gasteiger partial charge in [-0.25, -0.2) is 0 Å². The van der Waals surface area contributed by atoms with E-state index in [0.717, 1.165) is 5.56 Å². The van der Waals surface area contributed by atoms with E-state index in [-0.39, 0.29) is 17.9 Å². The first-order valence-electron chi connectivity index (χ1n) is 6.32. The Morgan fingerprint density at radius 2 is 1.40 bits per heavy atom. The van der Waals surface area contributed by atoms with Crippen molar-refractivity contribution in [3.8, 4) is 0 Å². The van der Waals surface area contributed by atoms with E-state index in [1.165, 1.54) is 4.90 Å². The van der Waals surface area contributed by atoms with Crippen LogP contribution < -0.4 is 0 Å². The van der Waals surface area contributed by atoms with Gasteiger partial charge in [0.25, 0.3) is 11.8 Å². The van der Waals surface area contributed by atoms with E-state index in [4.69, 9.17) is 11.6 Å². The highest BCUT2D eigenvalue weighted by Gasteiger charge is 2.38. The minimum atomic E-state index is -0.320. The molecule has 0 aliphatic carbocycles. The average molecular weight is 286 g/mol. The molecule has 2 aromatic rings. The Morgan fingerprint density at radius 3 is 1.90 bits per heavy atom. The van der Waals surface area contributed by atoms with Gasteiger partial charge in [-0.3, -0.25) is 14.5 Å². The van der Waals surface area contributed by atoms with Gasteiger partial charge in [0.1, 0.15) is 0 Å². The van der Waals surface area contributed by atoms with Gasteiger partial charge in [0, 0.05) is 5.02 Å². The Hall–Kier alpha value is -2.13. The second-order valence-electron chi connectivity index (χ2n) is 4.75. The van der Waals surface area contributed by atoms with Gasteiger partial charge in [-0.15, -0.1) is 0 Å². The molecule has 0 saturated heterocycles. The fraction of sp³-hybridized carbons (Fsp3) is 0.125. The second-order valence-corrected chi connectivity index (χ2v) is 5.19. The van der Waals surface area contributed by atoms with Crippen LogP contribution in [0.15, 0.2) is 48.5 Å². The highest BCUT2D eigenvalue weighted by Crippen LogP contribution is 2.31. The summed E-state index contributed by atoms with van der Waals surface area (Å²) in [6.07, 6.45) is 0. The Bertz CT molecular complexity index is 659. The van der Waals surface area contributed by atoms with Crippen molar-refractivity contribution in [2.75, 3.05) is 0 Å². The summed E-state index contributed by atoms with van der Waals surface area (Å²) in [5.74, 6) is -0.485. The number of amides is 2. The second kappa shape index (κ2) is 4.76. The number of nitrogens with zero attached hydrogens (tertiary/aromatic N) is 1. The van der Waals surface area contributed by atoms with Gasteiger partial charge in [0.15, 0.2) is 0 Å². The van der Waals surface area contributed by atoms with E-state index in [9.17, 15) is 9.59 Å². The number of rotatable bonds is 2. The van der Waals surface area contributed by atoms with Crippen molar-refractivity contribution in [2.24, 2.45) is 0 Å². The molecule has 2 amide bonds. The van der Waals surface area contributed by atoms with E-state index in [0.29, 0.717) is 16.1 Å². The smallest absolute Gasteiger partial charge is 0.262 e. The maximum absolute atomic E-state index is 12.4. The lowest BCUT2D eigenvalue weighted by atomic mass is 10.1. The Morgan fingerprint density at radius 1 is 0.900 bits per heavy atom. The van der Waals surface area contributed by atoms with Crippen LogP contribution in [0.2, 0.25) is 5.02 Å². The third kappa shape index (κ3) is 1.91. The van der Waals surface area contributed by atoms with Crippen molar-refractivity contribution >= 4 is 23.4 Å². The average Bonchev–Trinajstić information content (AvgIpc) is 2.72. The number of fused-ring (bicyclic) bond motifs is 1. The molecule has 0 N–H and O–H groups in total. The van der Waals surface area contributed by atoms with Gasteiger partial charge >= 0.3 is 0 Å². The van der Waals surface area contributed by atoms with E-state index in [2.05, 4.69) is 0 Å². The zero-order valence-corrected chi connectivity index (χ0v) is 11.6. The molecule has 0 spiro atoms. The molecular formula is C16H12ClNO2. The predicted molar refractivity (Wildman–Crippen MR) is 76.8 cm³/mol. The maximum atomic E-state index is 12.4. The van der Waals surface area contributed by atoms with Crippen molar-refractivity contribution in [2.45, 2.75) is 13.0 Å². The molecule has 0 aromatic heterocycles. The molecule has 20 heavy (non-hydrogen) atoms. The Labute approximate surface area is 121 Å². The van der Waals surface area contributed by atoms with Gasteiger partial charge in [-0.05, 0) is 36.8 Å². The number of benzene rings is 2. The summed E-state index contributed by atoms with van der Waals surface area (Å²) in [7, 11) is 0. The third-order valence-corrected chi connectivity index (χ3v) is 3.82. The number of carbonyl (C=O) groups excluding carboxylic acids is 2. The monoisotopic (exact) mass is 285 g/mol. The van der Waals surface area contributed by atoms with Crippen LogP contribution in [0.1, 0.15) is 39.2 Å². The van der Waals surface area contributed by atoms with Crippen LogP contribution in [0.4, 0.5) is 0 Å². The summed E-state index contributed by atoms with van der Waals surface area (Å²) in [5, 5.41) is 0.628. The lowest BCUT2D eigenvalue weighted by Gasteiger charge is -2.22. The molecule has 0 radical (unpaired) electrons. The Balaban J connectivity index is 1.98. The van der Waals surface area contributed by atoms with Crippen LogP contribution in [0, 0.1) is 0 Å². The van der Waals surface area contributed by atoms with Crippen molar-refractivity contribution in [1.29, 1.82) is 0 Å². The molecule has 1 aliphatic heterocycles. The molecule has 0 fully saturated rings. The maximum Gasteiger partial charge on any atom is 0.262 e. The predicted octanol–water partition coefficient (Wildman–Crippen LogP) is 3.70. The molecule has 100 valence electrons. The Kier molecular flexibility index (Phi) is 3.07. The van der Waals surface area contributed by atoms with Crippen LogP contribution >= 0.6 is 11.6 Å². The topological polar surface area (TPSA) is 37.4 Å². The van der Waals surface area contributed by atoms with Crippen LogP contribution in [0.5, 0.6) is 0 Å². The molecule has 1 atom stereocenters. The molecule has 3 rings (SSSR count). The number of hydrogen-bond donors (Lipinski definition) is 0. The van der Waals surface area contributed by atoms with E-state index < -0.39 is 0 Å². The summed E-state index contributed by atoms with van der Waals surface area (Å²) >= 11 is 5.86. The van der Waals surface area contributed by atoms with Crippen molar-refractivity contribution < 1.29 is 9.59 Å². The molecule has 1 heterocycles. The lowest BCUT2D eigenvalue weighted by Crippen LogP contribution is -2.32. The zero-order chi connectivity index (χ0) is 14.3. The van der Waals surface area contributed by atoms with E-state index in [1.807, 2.05) is 19.1 Å². The zero-order valence-electron chi connectivity index (χ0n) is 10.8. The largest absolute Gasteiger partial charge is 0.269 e. The summed E-state index contributed by atoms with van der Waals surface area (Å²) in [6, 6.07) is 13.7. The molecule has 0 saturated carbocycles. The van der Waals surface area contributed by atoms with Crippen LogP contribution in [0.3, 0.4) is 0 Å². The first kappa shape index (κ1) is 12.9. The summed E-state index contributed by atoms with van der Waals surface area (Å²) in [4.78, 5) is 26.0. The number of imide groups is 1. The van der Waals surface area contributed by atoms with E-state index in [1.54, 1.807) is 36.4 Å². The first-order chi connectivity index (χ1) is 9.59. The van der Waals surface area contributed by atoms with Crippen molar-refractivity contribution in [3.05, 3.63) is 70.2 Å². The van der Waals surface area contributed by atoms with Gasteiger partial charge in [-0.1, -0.05) is 35.9 Å². The molecule has 4 heteroatoms. The number of hydrogen-bond acceptors (Lipinski definition) is 2. The van der Waals surface area contributed by atoms with Crippen LogP contribution in [0.25, 0.3) is 0 Å². The SMILES string of the molecule is C[C@H](c1ccc(Cl)cc1)N1C(=O)c2ccccc2C1=O. The number of carbonyl (C=O) groups is 2. The van der Waals surface area contributed by atoms with Gasteiger partial charge in [-0.2, -0.15) is 0 Å². The lowest BCUT2D eigenvalue weighted by molar-refractivity contribution is 0.0595. The fourth-order valence-electron chi connectivity index (χ4n) is 2.45. The number of halogens is 1. The van der Waals surface area contributed by atoms with E-state index >= 15 is 0 Å². The summed E-state index contributed by atoms with van der Waals surface area (Å²) in [6.45, 7) is 1.84. The summed E-state index contributed by atoms with van der Waals surface area (Å²) < 4.78 is 0. The molecule has 3 nitrogen and oxygen atoms in total. The highest BCUT2D eigenvalue weighted by molar-refractivity contribution is 6.30. The quantitative estimate of drug-likeness (QED) is 0.789. The van der Waals surface area contributed by atoms with Gasteiger partial charge < -0.3 is 0 Å². The molecular weight excluding hydrogens is 274 g/mol. The highest BCUT2D eigenvalue weighted by atomic mass is 35.5. The van der Waals surface area contributed by atoms with Crippen molar-refractivity contribution in [1.82, 2.24) is 4.90 Å². The van der Waals surface area contributed by atoms with Crippen molar-refractivity contribution in [3.63, 3.8) is 0 Å². The standard InChI is InChI=1S/C16H12ClNO2/c1-10(11-6-8-12(17)9-7-11)18-15(19)13-4-2-3-5-14(13)16(18)20/h2-10H,1H3/t10-/m1/s1. The molecule has 2 aromatic carbocycles. The molecule has 0 unspecified atom stereocenters. The molecule has 0 bridgehead atoms. The third-order valence-electron chi connectivity index (χ3n) is 3.57. The first-order valence-corrected chi connectivity index (χ1v) is 6.70. The minimum absolute atomic E-state index is 0.243. The van der Waals surface area contributed by atoms with Gasteiger partial charge in [0.2, 0.25) is 0 Å². The fourth-order valence-corrected chi connectivity index (χ4v) is 2.58. The molecule has 1 aliphatic rings. The normalized spacial score (nSPS) is 15.4. The van der Waals surface area contributed by atoms with Gasteiger partial charge in [0.05, 0.1) is 17.2 Å². The minimum Gasteiger partial charge on any atom is -0.269 e. The summed E-state index contributed by atoms with van der Waals surface area (Å²) in [5.41, 5.74) is 1.82.